The first-order valence-electron chi connectivity index (χ1n) is 4.66. The predicted molar refractivity (Wildman–Crippen MR) is 60.6 cm³/mol. The highest BCUT2D eigenvalue weighted by atomic mass is 14.8. The van der Waals surface area contributed by atoms with E-state index in [1.54, 1.807) is 6.20 Å². The smallest absolute Gasteiger partial charge is 0.122 e. The summed E-state index contributed by atoms with van der Waals surface area (Å²) in [5.41, 5.74) is 1.82. The molecule has 1 rings (SSSR count). The Hall–Kier alpha value is -1.57. The van der Waals surface area contributed by atoms with E-state index in [1.807, 2.05) is 18.3 Å². The molecule has 0 atom stereocenters. The highest BCUT2D eigenvalue weighted by Gasteiger charge is 1.96. The maximum Gasteiger partial charge on any atom is 0.122 e. The Kier molecular flexibility index (Phi) is 3.46. The molecule has 1 heterocycles. The SMILES string of the molecule is C=c1ncccc(=C)c(C(C)C)c[nH]1. The van der Waals surface area contributed by atoms with Gasteiger partial charge in [0.1, 0.15) is 5.48 Å². The van der Waals surface area contributed by atoms with E-state index in [2.05, 4.69) is 37.0 Å². The Morgan fingerprint density at radius 1 is 1.36 bits per heavy atom. The quantitative estimate of drug-likeness (QED) is 0.710. The lowest BCUT2D eigenvalue weighted by Gasteiger charge is -2.01. The number of H-pyrrole nitrogens is 1. The molecule has 0 amide bonds. The van der Waals surface area contributed by atoms with E-state index in [-0.39, 0.29) is 0 Å². The lowest BCUT2D eigenvalue weighted by molar-refractivity contribution is 0.852. The summed E-state index contributed by atoms with van der Waals surface area (Å²) in [6.45, 7) is 12.0. The largest absolute Gasteiger partial charge is 0.347 e. The first-order valence-corrected chi connectivity index (χ1v) is 4.66. The normalized spacial score (nSPS) is 9.93. The van der Waals surface area contributed by atoms with Crippen LogP contribution >= 0.6 is 0 Å². The average molecular weight is 188 g/mol. The molecule has 0 aliphatic rings. The molecule has 0 saturated carbocycles. The first-order chi connectivity index (χ1) is 6.61. The van der Waals surface area contributed by atoms with Gasteiger partial charge in [-0.1, -0.05) is 33.1 Å². The molecular formula is C12H16N2. The third kappa shape index (κ3) is 2.73. The van der Waals surface area contributed by atoms with Crippen LogP contribution in [0.2, 0.25) is 0 Å². The van der Waals surface area contributed by atoms with Crippen LogP contribution in [0.15, 0.2) is 24.5 Å². The average Bonchev–Trinajstić information content (AvgIpc) is 2.18. The van der Waals surface area contributed by atoms with Crippen molar-refractivity contribution in [3.63, 3.8) is 0 Å². The second kappa shape index (κ2) is 4.61. The number of nitrogens with zero attached hydrogens (tertiary/aromatic N) is 1. The zero-order valence-corrected chi connectivity index (χ0v) is 8.75. The molecule has 0 bridgehead atoms. The zero-order valence-electron chi connectivity index (χ0n) is 8.75. The summed E-state index contributed by atoms with van der Waals surface area (Å²) in [6.07, 6.45) is 3.62. The van der Waals surface area contributed by atoms with Crippen LogP contribution in [0.1, 0.15) is 25.3 Å². The van der Waals surface area contributed by atoms with Gasteiger partial charge in [0.25, 0.3) is 0 Å². The molecule has 0 radical (unpaired) electrons. The van der Waals surface area contributed by atoms with Crippen molar-refractivity contribution in [3.8, 4) is 0 Å². The molecule has 74 valence electrons. The van der Waals surface area contributed by atoms with E-state index in [0.717, 1.165) is 5.22 Å². The zero-order chi connectivity index (χ0) is 10.6. The fourth-order valence-electron chi connectivity index (χ4n) is 1.22. The molecule has 0 aliphatic heterocycles. The number of aromatic amines is 1. The highest BCUT2D eigenvalue weighted by Crippen LogP contribution is 2.04. The third-order valence-corrected chi connectivity index (χ3v) is 2.00. The number of hydrogen-bond donors (Lipinski definition) is 1. The van der Waals surface area contributed by atoms with Crippen molar-refractivity contribution < 1.29 is 0 Å². The second-order valence-electron chi connectivity index (χ2n) is 3.51. The van der Waals surface area contributed by atoms with Gasteiger partial charge in [0.15, 0.2) is 0 Å². The van der Waals surface area contributed by atoms with Crippen LogP contribution < -0.4 is 10.7 Å². The van der Waals surface area contributed by atoms with Gasteiger partial charge in [-0.25, -0.2) is 4.98 Å². The van der Waals surface area contributed by atoms with E-state index < -0.39 is 0 Å². The highest BCUT2D eigenvalue weighted by molar-refractivity contribution is 5.18. The number of hydrogen-bond acceptors (Lipinski definition) is 1. The molecule has 0 unspecified atom stereocenters. The van der Waals surface area contributed by atoms with E-state index in [1.165, 1.54) is 5.56 Å². The van der Waals surface area contributed by atoms with Crippen LogP contribution in [0.4, 0.5) is 0 Å². The number of nitrogens with one attached hydrogen (secondary N) is 1. The molecule has 0 aromatic carbocycles. The Labute approximate surface area is 84.3 Å². The van der Waals surface area contributed by atoms with Crippen molar-refractivity contribution in [2.75, 3.05) is 0 Å². The predicted octanol–water partition coefficient (Wildman–Crippen LogP) is 1.48. The Morgan fingerprint density at radius 3 is 2.71 bits per heavy atom. The van der Waals surface area contributed by atoms with Gasteiger partial charge in [-0.05, 0) is 22.8 Å². The van der Waals surface area contributed by atoms with Gasteiger partial charge >= 0.3 is 0 Å². The summed E-state index contributed by atoms with van der Waals surface area (Å²) in [6, 6.07) is 3.83. The molecule has 0 saturated heterocycles. The standard InChI is InChI=1S/C12H16N2/c1-9(2)12-8-14-11(4)13-7-5-6-10(12)3/h5-9,14H,3-4H2,1-2H3. The van der Waals surface area contributed by atoms with Crippen LogP contribution in [0, 0.1) is 0 Å². The van der Waals surface area contributed by atoms with Gasteiger partial charge in [-0.3, -0.25) is 0 Å². The van der Waals surface area contributed by atoms with Gasteiger partial charge in [-0.15, -0.1) is 0 Å². The minimum Gasteiger partial charge on any atom is -0.347 e. The molecule has 14 heavy (non-hydrogen) atoms. The fraction of sp³-hybridized carbons (Fsp3) is 0.250. The Morgan fingerprint density at radius 2 is 2.07 bits per heavy atom. The monoisotopic (exact) mass is 188 g/mol. The Balaban J connectivity index is 3.54. The van der Waals surface area contributed by atoms with Crippen molar-refractivity contribution in [1.29, 1.82) is 0 Å². The summed E-state index contributed by atoms with van der Waals surface area (Å²) in [7, 11) is 0. The van der Waals surface area contributed by atoms with Gasteiger partial charge < -0.3 is 4.98 Å². The molecule has 0 aliphatic carbocycles. The van der Waals surface area contributed by atoms with Crippen LogP contribution in [0.25, 0.3) is 13.2 Å². The van der Waals surface area contributed by atoms with Crippen LogP contribution in [-0.4, -0.2) is 9.97 Å². The summed E-state index contributed by atoms with van der Waals surface area (Å²) >= 11 is 0. The van der Waals surface area contributed by atoms with E-state index in [0.29, 0.717) is 11.4 Å². The summed E-state index contributed by atoms with van der Waals surface area (Å²) in [5.74, 6) is 0.436. The van der Waals surface area contributed by atoms with Crippen molar-refractivity contribution in [2.24, 2.45) is 0 Å². The number of rotatable bonds is 1. The molecule has 2 heteroatoms. The summed E-state index contributed by atoms with van der Waals surface area (Å²) in [5, 5.41) is 1.01. The summed E-state index contributed by atoms with van der Waals surface area (Å²) < 4.78 is 0. The molecule has 1 N–H and O–H groups in total. The Bertz CT molecular complexity index is 442. The van der Waals surface area contributed by atoms with Gasteiger partial charge in [0.2, 0.25) is 0 Å². The van der Waals surface area contributed by atoms with Crippen molar-refractivity contribution >= 4 is 13.2 Å². The van der Waals surface area contributed by atoms with Crippen LogP contribution in [-0.2, 0) is 0 Å². The molecule has 0 spiro atoms. The lowest BCUT2D eigenvalue weighted by atomic mass is 10.1. The first kappa shape index (κ1) is 10.5. The molecule has 1 aromatic rings. The fourth-order valence-corrected chi connectivity index (χ4v) is 1.22. The molecular weight excluding hydrogens is 172 g/mol. The van der Waals surface area contributed by atoms with Gasteiger partial charge in [-0.2, -0.15) is 0 Å². The topological polar surface area (TPSA) is 28.7 Å². The second-order valence-corrected chi connectivity index (χ2v) is 3.51. The van der Waals surface area contributed by atoms with E-state index in [4.69, 9.17) is 0 Å². The van der Waals surface area contributed by atoms with Crippen molar-refractivity contribution in [3.05, 3.63) is 40.8 Å². The van der Waals surface area contributed by atoms with Gasteiger partial charge in [0.05, 0.1) is 0 Å². The van der Waals surface area contributed by atoms with Gasteiger partial charge in [0, 0.05) is 12.4 Å². The van der Waals surface area contributed by atoms with Crippen LogP contribution in [0.3, 0.4) is 0 Å². The maximum atomic E-state index is 4.07. The van der Waals surface area contributed by atoms with E-state index in [9.17, 15) is 0 Å². The molecule has 2 nitrogen and oxygen atoms in total. The third-order valence-electron chi connectivity index (χ3n) is 2.00. The lowest BCUT2D eigenvalue weighted by Crippen LogP contribution is -2.08. The van der Waals surface area contributed by atoms with Crippen molar-refractivity contribution in [1.82, 2.24) is 9.97 Å². The minimum absolute atomic E-state index is 0.436. The summed E-state index contributed by atoms with van der Waals surface area (Å²) in [4.78, 5) is 7.10. The van der Waals surface area contributed by atoms with Crippen molar-refractivity contribution in [2.45, 2.75) is 19.8 Å². The molecule has 1 aromatic heterocycles. The molecule has 0 fully saturated rings. The van der Waals surface area contributed by atoms with Crippen LogP contribution in [0.5, 0.6) is 0 Å². The minimum atomic E-state index is 0.436. The van der Waals surface area contributed by atoms with E-state index >= 15 is 0 Å². The maximum absolute atomic E-state index is 4.07. The number of aromatic nitrogens is 2.